The second kappa shape index (κ2) is 6.68. The third-order valence-electron chi connectivity index (χ3n) is 3.69. The first kappa shape index (κ1) is 16.6. The summed E-state index contributed by atoms with van der Waals surface area (Å²) in [7, 11) is 0. The summed E-state index contributed by atoms with van der Waals surface area (Å²) < 4.78 is 15.0. The van der Waals surface area contributed by atoms with Crippen LogP contribution < -0.4 is 10.6 Å². The second-order valence-corrected chi connectivity index (χ2v) is 5.53. The molecule has 2 aromatic heterocycles. The minimum absolute atomic E-state index is 0.357. The molecule has 7 nitrogen and oxygen atoms in total. The fourth-order valence-corrected chi connectivity index (χ4v) is 2.43. The molecule has 0 aliphatic carbocycles. The molecule has 0 radical (unpaired) electrons. The number of halogens is 1. The number of hydrogen-bond donors (Lipinski definition) is 2. The van der Waals surface area contributed by atoms with E-state index in [-0.39, 0.29) is 0 Å². The lowest BCUT2D eigenvalue weighted by atomic mass is 10.3. The predicted molar refractivity (Wildman–Crippen MR) is 92.4 cm³/mol. The monoisotopic (exact) mass is 340 g/mol. The Balaban J connectivity index is 1.71. The van der Waals surface area contributed by atoms with Gasteiger partial charge in [-0.1, -0.05) is 6.07 Å². The minimum atomic E-state index is -0.507. The van der Waals surface area contributed by atoms with Crippen molar-refractivity contribution in [3.63, 3.8) is 0 Å². The standard InChI is InChI=1S/C17H17FN6O/c1-10-11(2)24(12(3)21-10)16-19-8-15(9-20-16)23-17(25)22-14-6-4-5-13(18)7-14/h4-9H,1-3H3,(H2,22,23,25). The average molecular weight is 340 g/mol. The van der Waals surface area contributed by atoms with Gasteiger partial charge in [0, 0.05) is 11.4 Å². The van der Waals surface area contributed by atoms with Gasteiger partial charge in [-0.25, -0.2) is 24.1 Å². The van der Waals surface area contributed by atoms with Crippen molar-refractivity contribution in [2.75, 3.05) is 10.6 Å². The van der Waals surface area contributed by atoms with Gasteiger partial charge < -0.3 is 10.6 Å². The average Bonchev–Trinajstić information content (AvgIpc) is 2.81. The van der Waals surface area contributed by atoms with Crippen LogP contribution in [0, 0.1) is 26.6 Å². The third-order valence-corrected chi connectivity index (χ3v) is 3.69. The lowest BCUT2D eigenvalue weighted by Crippen LogP contribution is -2.20. The van der Waals surface area contributed by atoms with Crippen LogP contribution in [-0.4, -0.2) is 25.6 Å². The van der Waals surface area contributed by atoms with Crippen molar-refractivity contribution in [1.29, 1.82) is 0 Å². The van der Waals surface area contributed by atoms with Crippen molar-refractivity contribution in [3.8, 4) is 5.95 Å². The largest absolute Gasteiger partial charge is 0.323 e. The summed E-state index contributed by atoms with van der Waals surface area (Å²) in [6.07, 6.45) is 3.00. The van der Waals surface area contributed by atoms with E-state index in [1.54, 1.807) is 6.07 Å². The highest BCUT2D eigenvalue weighted by Gasteiger charge is 2.12. The molecule has 8 heteroatoms. The highest BCUT2D eigenvalue weighted by molar-refractivity contribution is 5.99. The van der Waals surface area contributed by atoms with Gasteiger partial charge in [-0.05, 0) is 39.0 Å². The molecule has 25 heavy (non-hydrogen) atoms. The highest BCUT2D eigenvalue weighted by atomic mass is 19.1. The van der Waals surface area contributed by atoms with E-state index in [2.05, 4.69) is 25.6 Å². The van der Waals surface area contributed by atoms with E-state index in [0.29, 0.717) is 17.3 Å². The molecule has 2 N–H and O–H groups in total. The van der Waals surface area contributed by atoms with Crippen LogP contribution >= 0.6 is 0 Å². The van der Waals surface area contributed by atoms with Crippen LogP contribution in [0.5, 0.6) is 0 Å². The van der Waals surface area contributed by atoms with Crippen molar-refractivity contribution in [1.82, 2.24) is 19.5 Å². The van der Waals surface area contributed by atoms with Crippen molar-refractivity contribution in [3.05, 3.63) is 59.7 Å². The Hall–Kier alpha value is -3.29. The normalized spacial score (nSPS) is 10.6. The first-order chi connectivity index (χ1) is 11.9. The van der Waals surface area contributed by atoms with E-state index in [0.717, 1.165) is 17.2 Å². The Labute approximate surface area is 144 Å². The maximum absolute atomic E-state index is 13.1. The summed E-state index contributed by atoms with van der Waals surface area (Å²) in [5.41, 5.74) is 2.65. The fourth-order valence-electron chi connectivity index (χ4n) is 2.43. The summed E-state index contributed by atoms with van der Waals surface area (Å²) >= 11 is 0. The Morgan fingerprint density at radius 3 is 2.36 bits per heavy atom. The fraction of sp³-hybridized carbons (Fsp3) is 0.176. The lowest BCUT2D eigenvalue weighted by molar-refractivity contribution is 0.262. The van der Waals surface area contributed by atoms with E-state index in [4.69, 9.17) is 0 Å². The molecule has 0 saturated carbocycles. The molecule has 0 saturated heterocycles. The summed E-state index contributed by atoms with van der Waals surface area (Å²) in [4.78, 5) is 24.9. The minimum Gasteiger partial charge on any atom is -0.308 e. The molecule has 0 aliphatic rings. The van der Waals surface area contributed by atoms with Crippen LogP contribution in [0.15, 0.2) is 36.7 Å². The summed E-state index contributed by atoms with van der Waals surface area (Å²) in [5.74, 6) is 0.845. The number of aromatic nitrogens is 4. The first-order valence-corrected chi connectivity index (χ1v) is 7.62. The maximum atomic E-state index is 13.1. The number of carbonyl (C=O) groups excluding carboxylic acids is 1. The number of anilines is 2. The first-order valence-electron chi connectivity index (χ1n) is 7.62. The Bertz CT molecular complexity index is 919. The number of benzene rings is 1. The van der Waals surface area contributed by atoms with Crippen LogP contribution in [0.1, 0.15) is 17.2 Å². The van der Waals surface area contributed by atoms with Gasteiger partial charge in [0.05, 0.1) is 23.8 Å². The lowest BCUT2D eigenvalue weighted by Gasteiger charge is -2.09. The van der Waals surface area contributed by atoms with Crippen LogP contribution in [0.2, 0.25) is 0 Å². The van der Waals surface area contributed by atoms with Gasteiger partial charge in [-0.15, -0.1) is 0 Å². The van der Waals surface area contributed by atoms with E-state index < -0.39 is 11.8 Å². The molecule has 0 fully saturated rings. The number of urea groups is 1. The molecular weight excluding hydrogens is 323 g/mol. The SMILES string of the molecule is Cc1nc(C)n(-c2ncc(NC(=O)Nc3cccc(F)c3)cn2)c1C. The number of aryl methyl sites for hydroxylation is 2. The highest BCUT2D eigenvalue weighted by Crippen LogP contribution is 2.15. The quantitative estimate of drug-likeness (QED) is 0.765. The number of carbonyl (C=O) groups is 1. The smallest absolute Gasteiger partial charge is 0.308 e. The third kappa shape index (κ3) is 3.63. The maximum Gasteiger partial charge on any atom is 0.323 e. The zero-order valence-corrected chi connectivity index (χ0v) is 14.0. The van der Waals surface area contributed by atoms with Crippen LogP contribution in [0.25, 0.3) is 5.95 Å². The Morgan fingerprint density at radius 1 is 1.08 bits per heavy atom. The number of rotatable bonds is 3. The van der Waals surface area contributed by atoms with Gasteiger partial charge in [0.1, 0.15) is 11.6 Å². The molecule has 1 aromatic carbocycles. The molecule has 3 rings (SSSR count). The number of nitrogens with zero attached hydrogens (tertiary/aromatic N) is 4. The molecule has 0 bridgehead atoms. The predicted octanol–water partition coefficient (Wildman–Crippen LogP) is 3.37. The topological polar surface area (TPSA) is 84.7 Å². The molecule has 0 aliphatic heterocycles. The van der Waals surface area contributed by atoms with Gasteiger partial charge in [0.2, 0.25) is 5.95 Å². The summed E-state index contributed by atoms with van der Waals surface area (Å²) in [6.45, 7) is 5.74. The molecule has 0 spiro atoms. The number of amides is 2. The van der Waals surface area contributed by atoms with Crippen LogP contribution in [-0.2, 0) is 0 Å². The zero-order valence-electron chi connectivity index (χ0n) is 14.0. The second-order valence-electron chi connectivity index (χ2n) is 5.53. The van der Waals surface area contributed by atoms with Crippen molar-refractivity contribution < 1.29 is 9.18 Å². The van der Waals surface area contributed by atoms with Gasteiger partial charge in [0.25, 0.3) is 0 Å². The molecular formula is C17H17FN6O. The van der Waals surface area contributed by atoms with E-state index in [1.807, 2.05) is 25.3 Å². The van der Waals surface area contributed by atoms with E-state index in [9.17, 15) is 9.18 Å². The van der Waals surface area contributed by atoms with Crippen molar-refractivity contribution in [2.45, 2.75) is 20.8 Å². The number of hydrogen-bond acceptors (Lipinski definition) is 4. The number of nitrogens with one attached hydrogen (secondary N) is 2. The van der Waals surface area contributed by atoms with Crippen LogP contribution in [0.3, 0.4) is 0 Å². The molecule has 2 heterocycles. The molecule has 0 atom stereocenters. The number of imidazole rings is 1. The van der Waals surface area contributed by atoms with Gasteiger partial charge in [0.15, 0.2) is 0 Å². The Kier molecular flexibility index (Phi) is 4.42. The van der Waals surface area contributed by atoms with Gasteiger partial charge in [-0.2, -0.15) is 0 Å². The van der Waals surface area contributed by atoms with Crippen molar-refractivity contribution in [2.24, 2.45) is 0 Å². The van der Waals surface area contributed by atoms with Crippen molar-refractivity contribution >= 4 is 17.4 Å². The Morgan fingerprint density at radius 2 is 1.76 bits per heavy atom. The van der Waals surface area contributed by atoms with Gasteiger partial charge >= 0.3 is 6.03 Å². The molecule has 128 valence electrons. The molecule has 2 amide bonds. The van der Waals surface area contributed by atoms with Crippen LogP contribution in [0.4, 0.5) is 20.6 Å². The van der Waals surface area contributed by atoms with Gasteiger partial charge in [-0.3, -0.25) is 4.57 Å². The summed E-state index contributed by atoms with van der Waals surface area (Å²) in [6, 6.07) is 5.13. The zero-order chi connectivity index (χ0) is 18.0. The molecule has 0 unspecified atom stereocenters. The summed E-state index contributed by atoms with van der Waals surface area (Å²) in [5, 5.41) is 5.14. The molecule has 3 aromatic rings. The van der Waals surface area contributed by atoms with E-state index >= 15 is 0 Å². The van der Waals surface area contributed by atoms with E-state index in [1.165, 1.54) is 30.6 Å².